The fourth-order valence-corrected chi connectivity index (χ4v) is 2.93. The van der Waals surface area contributed by atoms with Crippen LogP contribution in [0.2, 0.25) is 0 Å². The van der Waals surface area contributed by atoms with Crippen molar-refractivity contribution in [3.8, 4) is 5.75 Å². The first-order valence-corrected chi connectivity index (χ1v) is 9.36. The van der Waals surface area contributed by atoms with Gasteiger partial charge in [0.05, 0.1) is 13.5 Å². The van der Waals surface area contributed by atoms with Crippen molar-refractivity contribution in [2.24, 2.45) is 5.92 Å². The number of methoxy groups -OCH3 is 1. The van der Waals surface area contributed by atoms with Crippen LogP contribution < -0.4 is 4.74 Å². The van der Waals surface area contributed by atoms with Crippen molar-refractivity contribution in [3.05, 3.63) is 65.2 Å². The Labute approximate surface area is 157 Å². The van der Waals surface area contributed by atoms with Gasteiger partial charge in [-0.3, -0.25) is 4.79 Å². The van der Waals surface area contributed by atoms with Crippen molar-refractivity contribution >= 4 is 5.97 Å². The highest BCUT2D eigenvalue weighted by Crippen LogP contribution is 2.28. The third-order valence-corrected chi connectivity index (χ3v) is 4.82. The second kappa shape index (κ2) is 9.42. The summed E-state index contributed by atoms with van der Waals surface area (Å²) < 4.78 is 11.0. The number of ether oxygens (including phenoxy) is 2. The molecule has 3 nitrogen and oxygen atoms in total. The largest absolute Gasteiger partial charge is 0.497 e. The van der Waals surface area contributed by atoms with E-state index in [0.29, 0.717) is 12.3 Å². The first-order chi connectivity index (χ1) is 12.4. The molecule has 0 heterocycles. The number of hydrogen-bond acceptors (Lipinski definition) is 3. The molecule has 26 heavy (non-hydrogen) atoms. The Morgan fingerprint density at radius 2 is 1.50 bits per heavy atom. The summed E-state index contributed by atoms with van der Waals surface area (Å²) in [4.78, 5) is 12.5. The van der Waals surface area contributed by atoms with Crippen LogP contribution >= 0.6 is 0 Å². The van der Waals surface area contributed by atoms with Gasteiger partial charge in [-0.25, -0.2) is 0 Å². The normalized spacial score (nSPS) is 13.3. The molecule has 3 heteroatoms. The summed E-state index contributed by atoms with van der Waals surface area (Å²) in [7, 11) is 1.64. The van der Waals surface area contributed by atoms with Gasteiger partial charge in [0.15, 0.2) is 0 Å². The molecule has 2 rings (SSSR count). The minimum Gasteiger partial charge on any atom is -0.497 e. The molecule has 0 saturated heterocycles. The van der Waals surface area contributed by atoms with Gasteiger partial charge in [0.2, 0.25) is 0 Å². The summed E-state index contributed by atoms with van der Waals surface area (Å²) in [5, 5.41) is 0. The quantitative estimate of drug-likeness (QED) is 0.571. The highest BCUT2D eigenvalue weighted by molar-refractivity contribution is 5.73. The summed E-state index contributed by atoms with van der Waals surface area (Å²) in [6.45, 7) is 8.51. The molecule has 140 valence electrons. The van der Waals surface area contributed by atoms with Gasteiger partial charge < -0.3 is 9.47 Å². The third kappa shape index (κ3) is 5.35. The molecule has 0 radical (unpaired) electrons. The monoisotopic (exact) mass is 354 g/mol. The summed E-state index contributed by atoms with van der Waals surface area (Å²) >= 11 is 0. The maximum absolute atomic E-state index is 12.5. The van der Waals surface area contributed by atoms with E-state index in [0.717, 1.165) is 23.3 Å². The molecule has 0 bridgehead atoms. The minimum absolute atomic E-state index is 0.195. The first-order valence-electron chi connectivity index (χ1n) is 9.36. The van der Waals surface area contributed by atoms with Gasteiger partial charge in [-0.15, -0.1) is 0 Å². The molecule has 0 aliphatic heterocycles. The Kier molecular flexibility index (Phi) is 7.26. The molecule has 0 saturated carbocycles. The lowest BCUT2D eigenvalue weighted by Gasteiger charge is -2.22. The zero-order valence-electron chi connectivity index (χ0n) is 16.5. The average Bonchev–Trinajstić information content (AvgIpc) is 2.66. The number of esters is 1. The Balaban J connectivity index is 2.03. The SMILES string of the molecule is CCC(C)c1ccc(CC(=O)OC(c2ccc(OC)cc2)C(C)C)cc1. The Bertz CT molecular complexity index is 686. The average molecular weight is 354 g/mol. The van der Waals surface area contributed by atoms with Crippen LogP contribution in [0.4, 0.5) is 0 Å². The second-order valence-corrected chi connectivity index (χ2v) is 7.16. The van der Waals surface area contributed by atoms with Gasteiger partial charge in [-0.2, -0.15) is 0 Å². The van der Waals surface area contributed by atoms with Gasteiger partial charge in [-0.1, -0.05) is 64.1 Å². The topological polar surface area (TPSA) is 35.5 Å². The van der Waals surface area contributed by atoms with Gasteiger partial charge in [-0.05, 0) is 47.1 Å². The van der Waals surface area contributed by atoms with Gasteiger partial charge in [0.1, 0.15) is 11.9 Å². The molecule has 2 aromatic carbocycles. The number of carbonyl (C=O) groups excluding carboxylic acids is 1. The summed E-state index contributed by atoms with van der Waals surface area (Å²) in [6.07, 6.45) is 1.15. The van der Waals surface area contributed by atoms with E-state index >= 15 is 0 Å². The Morgan fingerprint density at radius 3 is 2.00 bits per heavy atom. The van der Waals surface area contributed by atoms with Crippen molar-refractivity contribution < 1.29 is 14.3 Å². The highest BCUT2D eigenvalue weighted by atomic mass is 16.5. The van der Waals surface area contributed by atoms with E-state index in [1.165, 1.54) is 5.56 Å². The zero-order chi connectivity index (χ0) is 19.1. The molecule has 0 N–H and O–H groups in total. The lowest BCUT2D eigenvalue weighted by atomic mass is 9.97. The Hall–Kier alpha value is -2.29. The molecule has 2 atom stereocenters. The highest BCUT2D eigenvalue weighted by Gasteiger charge is 2.21. The fraction of sp³-hybridized carbons (Fsp3) is 0.435. The maximum atomic E-state index is 12.5. The standard InChI is InChI=1S/C23H30O3/c1-6-17(4)19-9-7-18(8-10-19)15-22(24)26-23(16(2)3)20-11-13-21(25-5)14-12-20/h7-14,16-17,23H,6,15H2,1-5H3. The summed E-state index contributed by atoms with van der Waals surface area (Å²) in [5.41, 5.74) is 3.28. The van der Waals surface area contributed by atoms with E-state index in [-0.39, 0.29) is 18.0 Å². The van der Waals surface area contributed by atoms with Gasteiger partial charge >= 0.3 is 5.97 Å². The van der Waals surface area contributed by atoms with E-state index in [2.05, 4.69) is 39.8 Å². The lowest BCUT2D eigenvalue weighted by molar-refractivity contribution is -0.151. The zero-order valence-corrected chi connectivity index (χ0v) is 16.5. The predicted molar refractivity (Wildman–Crippen MR) is 106 cm³/mol. The number of benzene rings is 2. The summed E-state index contributed by atoms with van der Waals surface area (Å²) in [5.74, 6) is 1.33. The molecule has 0 fully saturated rings. The maximum Gasteiger partial charge on any atom is 0.310 e. The predicted octanol–water partition coefficient (Wildman–Crippen LogP) is 5.69. The van der Waals surface area contributed by atoms with Gasteiger partial charge in [0, 0.05) is 0 Å². The van der Waals surface area contributed by atoms with Crippen LogP contribution in [-0.4, -0.2) is 13.1 Å². The second-order valence-electron chi connectivity index (χ2n) is 7.16. The Morgan fingerprint density at radius 1 is 0.923 bits per heavy atom. The van der Waals surface area contributed by atoms with Crippen LogP contribution in [0.1, 0.15) is 62.8 Å². The smallest absolute Gasteiger partial charge is 0.310 e. The molecule has 0 aromatic heterocycles. The van der Waals surface area contributed by atoms with Gasteiger partial charge in [0.25, 0.3) is 0 Å². The molecule has 0 aliphatic carbocycles. The van der Waals surface area contributed by atoms with E-state index in [1.54, 1.807) is 7.11 Å². The number of rotatable bonds is 8. The molecule has 2 unspecified atom stereocenters. The van der Waals surface area contributed by atoms with Crippen molar-refractivity contribution in [3.63, 3.8) is 0 Å². The minimum atomic E-state index is -0.257. The van der Waals surface area contributed by atoms with E-state index < -0.39 is 0 Å². The molecule has 0 amide bonds. The third-order valence-electron chi connectivity index (χ3n) is 4.82. The summed E-state index contributed by atoms with van der Waals surface area (Å²) in [6, 6.07) is 16.0. The number of carbonyl (C=O) groups is 1. The van der Waals surface area contributed by atoms with E-state index in [9.17, 15) is 4.79 Å². The van der Waals surface area contributed by atoms with Crippen LogP contribution in [0.25, 0.3) is 0 Å². The van der Waals surface area contributed by atoms with E-state index in [4.69, 9.17) is 9.47 Å². The molecule has 2 aromatic rings. The molecule has 0 spiro atoms. The van der Waals surface area contributed by atoms with E-state index in [1.807, 2.05) is 36.4 Å². The van der Waals surface area contributed by atoms with Crippen molar-refractivity contribution in [2.75, 3.05) is 7.11 Å². The molecule has 0 aliphatic rings. The molecular formula is C23H30O3. The van der Waals surface area contributed by atoms with Crippen molar-refractivity contribution in [1.29, 1.82) is 0 Å². The van der Waals surface area contributed by atoms with Crippen molar-refractivity contribution in [1.82, 2.24) is 0 Å². The van der Waals surface area contributed by atoms with Crippen LogP contribution in [0, 0.1) is 5.92 Å². The lowest BCUT2D eigenvalue weighted by Crippen LogP contribution is -2.17. The fourth-order valence-electron chi connectivity index (χ4n) is 2.93. The van der Waals surface area contributed by atoms with Crippen molar-refractivity contribution in [2.45, 2.75) is 52.6 Å². The molecular weight excluding hydrogens is 324 g/mol. The number of hydrogen-bond donors (Lipinski definition) is 0. The van der Waals surface area contributed by atoms with Crippen LogP contribution in [0.3, 0.4) is 0 Å². The first kappa shape index (κ1) is 20.0. The van der Waals surface area contributed by atoms with Crippen LogP contribution in [0.15, 0.2) is 48.5 Å². The van der Waals surface area contributed by atoms with Crippen LogP contribution in [-0.2, 0) is 16.0 Å². The van der Waals surface area contributed by atoms with Crippen LogP contribution in [0.5, 0.6) is 5.75 Å².